The van der Waals surface area contributed by atoms with Crippen molar-refractivity contribution in [3.63, 3.8) is 0 Å². The third kappa shape index (κ3) is 2.98. The molecule has 2 aliphatic heterocycles. The number of urea groups is 1. The summed E-state index contributed by atoms with van der Waals surface area (Å²) in [6.45, 7) is 3.64. The highest BCUT2D eigenvalue weighted by Gasteiger charge is 2.44. The summed E-state index contributed by atoms with van der Waals surface area (Å²) in [5.74, 6) is 1.26. The van der Waals surface area contributed by atoms with Gasteiger partial charge in [0.2, 0.25) is 0 Å². The van der Waals surface area contributed by atoms with E-state index in [0.717, 1.165) is 25.4 Å². The van der Waals surface area contributed by atoms with Crippen LogP contribution in [-0.2, 0) is 0 Å². The number of carbonyl (C=O) groups is 1. The Labute approximate surface area is 133 Å². The number of fused-ring (bicyclic) bond motifs is 2. The smallest absolute Gasteiger partial charge is 0.317 e. The molecule has 2 saturated carbocycles. The van der Waals surface area contributed by atoms with Crippen molar-refractivity contribution in [3.8, 4) is 0 Å². The summed E-state index contributed by atoms with van der Waals surface area (Å²) < 4.78 is 0. The number of hydrogen-bond donors (Lipinski definition) is 2. The van der Waals surface area contributed by atoms with E-state index in [9.17, 15) is 9.90 Å². The summed E-state index contributed by atoms with van der Waals surface area (Å²) in [5.41, 5.74) is 0. The Morgan fingerprint density at radius 2 is 1.68 bits per heavy atom. The first-order valence-electron chi connectivity index (χ1n) is 9.18. The molecule has 22 heavy (non-hydrogen) atoms. The summed E-state index contributed by atoms with van der Waals surface area (Å²) in [4.78, 5) is 17.1. The van der Waals surface area contributed by atoms with Crippen LogP contribution in [0.15, 0.2) is 0 Å². The molecular weight excluding hydrogens is 278 g/mol. The van der Waals surface area contributed by atoms with E-state index in [0.29, 0.717) is 24.4 Å². The van der Waals surface area contributed by atoms with Crippen LogP contribution in [-0.4, -0.2) is 65.3 Å². The predicted octanol–water partition coefficient (Wildman–Crippen LogP) is 1.42. The third-order valence-electron chi connectivity index (χ3n) is 6.14. The van der Waals surface area contributed by atoms with Crippen molar-refractivity contribution in [2.45, 2.75) is 63.1 Å². The van der Waals surface area contributed by atoms with Crippen LogP contribution in [0.3, 0.4) is 0 Å². The number of aliphatic hydroxyl groups excluding tert-OH is 1. The topological polar surface area (TPSA) is 55.8 Å². The molecule has 4 fully saturated rings. The lowest BCUT2D eigenvalue weighted by Gasteiger charge is -2.48. The van der Waals surface area contributed by atoms with E-state index >= 15 is 0 Å². The number of piperidine rings is 2. The van der Waals surface area contributed by atoms with E-state index in [1.54, 1.807) is 0 Å². The molecule has 0 spiro atoms. The average molecular weight is 307 g/mol. The average Bonchev–Trinajstić information content (AvgIpc) is 3.31. The van der Waals surface area contributed by atoms with Gasteiger partial charge in [-0.1, -0.05) is 6.42 Å². The lowest BCUT2D eigenvalue weighted by molar-refractivity contribution is 0.0387. The van der Waals surface area contributed by atoms with Gasteiger partial charge in [-0.3, -0.25) is 4.90 Å². The van der Waals surface area contributed by atoms with Crippen LogP contribution in [0.1, 0.15) is 44.9 Å². The minimum Gasteiger partial charge on any atom is -0.391 e. The molecule has 4 aliphatic rings. The van der Waals surface area contributed by atoms with Crippen molar-refractivity contribution < 1.29 is 9.90 Å². The summed E-state index contributed by atoms with van der Waals surface area (Å²) in [6.07, 6.45) is 8.00. The first-order valence-corrected chi connectivity index (χ1v) is 9.18. The first kappa shape index (κ1) is 14.8. The van der Waals surface area contributed by atoms with Gasteiger partial charge in [-0.25, -0.2) is 4.79 Å². The van der Waals surface area contributed by atoms with Gasteiger partial charge >= 0.3 is 6.03 Å². The molecule has 2 bridgehead atoms. The van der Waals surface area contributed by atoms with Gasteiger partial charge in [0.05, 0.1) is 6.10 Å². The zero-order valence-electron chi connectivity index (χ0n) is 13.4. The monoisotopic (exact) mass is 307 g/mol. The molecule has 0 unspecified atom stereocenters. The maximum absolute atomic E-state index is 12.6. The zero-order valence-corrected chi connectivity index (χ0v) is 13.4. The van der Waals surface area contributed by atoms with Crippen molar-refractivity contribution in [2.24, 2.45) is 11.8 Å². The first-order chi connectivity index (χ1) is 10.7. The van der Waals surface area contributed by atoms with Crippen molar-refractivity contribution in [1.29, 1.82) is 0 Å². The number of aliphatic hydroxyl groups is 1. The number of nitrogens with one attached hydrogen (secondary N) is 1. The second-order valence-electron chi connectivity index (χ2n) is 7.85. The summed E-state index contributed by atoms with van der Waals surface area (Å²) in [5, 5.41) is 13.1. The third-order valence-corrected chi connectivity index (χ3v) is 6.14. The number of rotatable bonds is 2. The van der Waals surface area contributed by atoms with Crippen molar-refractivity contribution in [1.82, 2.24) is 15.1 Å². The number of nitrogens with zero attached hydrogens (tertiary/aromatic N) is 2. The Balaban J connectivity index is 1.38. The Kier molecular flexibility index (Phi) is 4.03. The van der Waals surface area contributed by atoms with E-state index in [1.165, 1.54) is 45.2 Å². The lowest BCUT2D eigenvalue weighted by Crippen LogP contribution is -2.61. The van der Waals surface area contributed by atoms with Crippen molar-refractivity contribution in [3.05, 3.63) is 0 Å². The van der Waals surface area contributed by atoms with Gasteiger partial charge in [0.25, 0.3) is 0 Å². The van der Waals surface area contributed by atoms with E-state index in [4.69, 9.17) is 0 Å². The normalized spacial score (nSPS) is 39.6. The molecule has 0 radical (unpaired) electrons. The molecule has 0 aromatic heterocycles. The number of likely N-dealkylation sites (tertiary alicyclic amines) is 2. The number of β-amino-alcohol motifs (C(OH)–C–C–N with tert-alkyl or cyclic N) is 1. The van der Waals surface area contributed by atoms with E-state index in [1.807, 2.05) is 4.90 Å². The van der Waals surface area contributed by atoms with Crippen LogP contribution in [0, 0.1) is 11.8 Å². The molecule has 2 heterocycles. The molecule has 2 amide bonds. The van der Waals surface area contributed by atoms with E-state index in [-0.39, 0.29) is 12.1 Å². The molecule has 4 rings (SSSR count). The largest absolute Gasteiger partial charge is 0.391 e. The van der Waals surface area contributed by atoms with Crippen molar-refractivity contribution >= 4 is 6.03 Å². The summed E-state index contributed by atoms with van der Waals surface area (Å²) in [6, 6.07) is 1.26. The Hall–Kier alpha value is -0.810. The molecule has 5 heteroatoms. The Bertz CT molecular complexity index is 412. The van der Waals surface area contributed by atoms with Crippen LogP contribution < -0.4 is 5.32 Å². The second kappa shape index (κ2) is 6.00. The van der Waals surface area contributed by atoms with Gasteiger partial charge in [-0.15, -0.1) is 0 Å². The fourth-order valence-corrected chi connectivity index (χ4v) is 4.82. The summed E-state index contributed by atoms with van der Waals surface area (Å²) in [7, 11) is 0. The number of amides is 2. The molecule has 2 N–H and O–H groups in total. The molecule has 0 aromatic rings. The van der Waals surface area contributed by atoms with Crippen LogP contribution in [0.5, 0.6) is 0 Å². The highest BCUT2D eigenvalue weighted by Crippen LogP contribution is 2.39. The van der Waals surface area contributed by atoms with Gasteiger partial charge < -0.3 is 15.3 Å². The fourth-order valence-electron chi connectivity index (χ4n) is 4.82. The van der Waals surface area contributed by atoms with Crippen LogP contribution in [0.4, 0.5) is 4.79 Å². The van der Waals surface area contributed by atoms with E-state index < -0.39 is 0 Å². The highest BCUT2D eigenvalue weighted by atomic mass is 16.3. The molecule has 3 atom stereocenters. The van der Waals surface area contributed by atoms with E-state index in [2.05, 4.69) is 10.2 Å². The standard InChI is InChI=1S/C17H29N3O2/c21-15-5-2-8-19(11-15)17(22)18-16-12-3-1-4-13(16)10-20(9-12)14-6-7-14/h12-16,21H,1-11H2,(H,18,22)/t12-,13-,15-/m0/s1. The zero-order chi connectivity index (χ0) is 15.1. The molecule has 124 valence electrons. The quantitative estimate of drug-likeness (QED) is 0.811. The van der Waals surface area contributed by atoms with Gasteiger partial charge in [0, 0.05) is 38.3 Å². The van der Waals surface area contributed by atoms with Crippen LogP contribution in [0.25, 0.3) is 0 Å². The maximum atomic E-state index is 12.6. The number of hydrogen-bond acceptors (Lipinski definition) is 3. The highest BCUT2D eigenvalue weighted by molar-refractivity contribution is 5.74. The summed E-state index contributed by atoms with van der Waals surface area (Å²) >= 11 is 0. The van der Waals surface area contributed by atoms with Gasteiger partial charge in [0.1, 0.15) is 0 Å². The number of carbonyl (C=O) groups excluding carboxylic acids is 1. The molecule has 5 nitrogen and oxygen atoms in total. The fraction of sp³-hybridized carbons (Fsp3) is 0.941. The minimum absolute atomic E-state index is 0.0560. The minimum atomic E-state index is -0.337. The molecular formula is C17H29N3O2. The van der Waals surface area contributed by atoms with Crippen molar-refractivity contribution in [2.75, 3.05) is 26.2 Å². The predicted molar refractivity (Wildman–Crippen MR) is 84.6 cm³/mol. The SMILES string of the molecule is O=C(NC1[C@H]2CCC[C@H]1CN(C1CC1)C2)N1CCC[C@H](O)C1. The Morgan fingerprint density at radius 3 is 2.32 bits per heavy atom. The van der Waals surface area contributed by atoms with Gasteiger partial charge in [-0.2, -0.15) is 0 Å². The molecule has 0 aromatic carbocycles. The van der Waals surface area contributed by atoms with Gasteiger partial charge in [-0.05, 0) is 50.4 Å². The second-order valence-corrected chi connectivity index (χ2v) is 7.85. The maximum Gasteiger partial charge on any atom is 0.317 e. The Morgan fingerprint density at radius 1 is 0.955 bits per heavy atom. The molecule has 2 saturated heterocycles. The van der Waals surface area contributed by atoms with Gasteiger partial charge in [0.15, 0.2) is 0 Å². The molecule has 2 aliphatic carbocycles. The van der Waals surface area contributed by atoms with Crippen LogP contribution >= 0.6 is 0 Å². The lowest BCUT2D eigenvalue weighted by atomic mass is 9.73. The van der Waals surface area contributed by atoms with Crippen LogP contribution in [0.2, 0.25) is 0 Å².